The SMILES string of the molecule is CN(Cc1ccc(Cl)s1)C(=O)CCc1nc(-c2ccncc2)no1. The van der Waals surface area contributed by atoms with Gasteiger partial charge in [0.15, 0.2) is 0 Å². The highest BCUT2D eigenvalue weighted by molar-refractivity contribution is 7.16. The second kappa shape index (κ2) is 7.55. The number of halogens is 1. The smallest absolute Gasteiger partial charge is 0.227 e. The van der Waals surface area contributed by atoms with Crippen molar-refractivity contribution in [3.05, 3.63) is 51.8 Å². The first-order valence-electron chi connectivity index (χ1n) is 7.33. The highest BCUT2D eigenvalue weighted by Crippen LogP contribution is 2.22. The summed E-state index contributed by atoms with van der Waals surface area (Å²) in [7, 11) is 1.77. The van der Waals surface area contributed by atoms with Gasteiger partial charge in [0.1, 0.15) is 0 Å². The van der Waals surface area contributed by atoms with Crippen LogP contribution < -0.4 is 0 Å². The number of hydrogen-bond acceptors (Lipinski definition) is 6. The normalized spacial score (nSPS) is 10.8. The average Bonchev–Trinajstić information content (AvgIpc) is 3.22. The molecule has 6 nitrogen and oxygen atoms in total. The zero-order valence-electron chi connectivity index (χ0n) is 13.0. The molecule has 0 bridgehead atoms. The molecule has 0 fully saturated rings. The lowest BCUT2D eigenvalue weighted by Gasteiger charge is -2.15. The van der Waals surface area contributed by atoms with Crippen molar-refractivity contribution in [2.24, 2.45) is 0 Å². The highest BCUT2D eigenvalue weighted by Gasteiger charge is 2.14. The number of amides is 1. The number of pyridine rings is 1. The van der Waals surface area contributed by atoms with Crippen molar-refractivity contribution < 1.29 is 9.32 Å². The minimum absolute atomic E-state index is 0.0168. The summed E-state index contributed by atoms with van der Waals surface area (Å²) in [5.74, 6) is 0.965. The number of aromatic nitrogens is 3. The Morgan fingerprint density at radius 2 is 2.08 bits per heavy atom. The van der Waals surface area contributed by atoms with Gasteiger partial charge >= 0.3 is 0 Å². The Morgan fingerprint density at radius 1 is 1.29 bits per heavy atom. The van der Waals surface area contributed by atoms with Gasteiger partial charge in [0.05, 0.1) is 10.9 Å². The van der Waals surface area contributed by atoms with E-state index in [0.717, 1.165) is 14.8 Å². The Bertz CT molecular complexity index is 818. The standard InChI is InChI=1S/C16H15ClN4O2S/c1-21(10-12-2-3-13(17)24-12)15(22)5-4-14-19-16(20-23-14)11-6-8-18-9-7-11/h2-3,6-9H,4-5,10H2,1H3. The van der Waals surface area contributed by atoms with Crippen LogP contribution in [0.2, 0.25) is 4.34 Å². The Kier molecular flexibility index (Phi) is 5.22. The van der Waals surface area contributed by atoms with Crippen molar-refractivity contribution in [1.29, 1.82) is 0 Å². The highest BCUT2D eigenvalue weighted by atomic mass is 35.5. The summed E-state index contributed by atoms with van der Waals surface area (Å²) in [5, 5.41) is 3.93. The second-order valence-electron chi connectivity index (χ2n) is 5.20. The quantitative estimate of drug-likeness (QED) is 0.671. The largest absolute Gasteiger partial charge is 0.341 e. The number of nitrogens with zero attached hydrogens (tertiary/aromatic N) is 4. The molecule has 3 aromatic heterocycles. The van der Waals surface area contributed by atoms with Crippen LogP contribution in [0.3, 0.4) is 0 Å². The lowest BCUT2D eigenvalue weighted by Crippen LogP contribution is -2.26. The molecule has 0 aliphatic carbocycles. The van der Waals surface area contributed by atoms with Gasteiger partial charge in [-0.3, -0.25) is 9.78 Å². The molecule has 0 aliphatic heterocycles. The second-order valence-corrected chi connectivity index (χ2v) is 7.00. The fourth-order valence-electron chi connectivity index (χ4n) is 2.14. The summed E-state index contributed by atoms with van der Waals surface area (Å²) in [6.45, 7) is 0.544. The van der Waals surface area contributed by atoms with E-state index in [0.29, 0.717) is 31.1 Å². The maximum atomic E-state index is 12.2. The third-order valence-corrected chi connectivity index (χ3v) is 4.62. The average molecular weight is 363 g/mol. The van der Waals surface area contributed by atoms with Crippen molar-refractivity contribution >= 4 is 28.8 Å². The van der Waals surface area contributed by atoms with Crippen LogP contribution in [0, 0.1) is 0 Å². The van der Waals surface area contributed by atoms with E-state index in [4.69, 9.17) is 16.1 Å². The molecule has 0 aliphatic rings. The Labute approximate surface area is 148 Å². The topological polar surface area (TPSA) is 72.1 Å². The first kappa shape index (κ1) is 16.6. The lowest BCUT2D eigenvalue weighted by atomic mass is 10.2. The number of carbonyl (C=O) groups is 1. The van der Waals surface area contributed by atoms with Crippen molar-refractivity contribution in [1.82, 2.24) is 20.0 Å². The third-order valence-electron chi connectivity index (χ3n) is 3.41. The van der Waals surface area contributed by atoms with E-state index < -0.39 is 0 Å². The molecule has 3 heterocycles. The number of carbonyl (C=O) groups excluding carboxylic acids is 1. The van der Waals surface area contributed by atoms with Crippen LogP contribution in [0.25, 0.3) is 11.4 Å². The summed E-state index contributed by atoms with van der Waals surface area (Å²) in [6.07, 6.45) is 4.06. The Hall–Kier alpha value is -2.25. The summed E-state index contributed by atoms with van der Waals surface area (Å²) < 4.78 is 5.93. The van der Waals surface area contributed by atoms with E-state index in [9.17, 15) is 4.79 Å². The zero-order chi connectivity index (χ0) is 16.9. The molecule has 3 rings (SSSR count). The summed E-state index contributed by atoms with van der Waals surface area (Å²) in [6, 6.07) is 7.37. The van der Waals surface area contributed by atoms with Gasteiger partial charge in [0.25, 0.3) is 0 Å². The predicted molar refractivity (Wildman–Crippen MR) is 91.7 cm³/mol. The van der Waals surface area contributed by atoms with E-state index in [-0.39, 0.29) is 5.91 Å². The molecule has 3 aromatic rings. The number of aryl methyl sites for hydroxylation is 1. The van der Waals surface area contributed by atoms with Gasteiger partial charge in [0, 0.05) is 42.7 Å². The molecule has 24 heavy (non-hydrogen) atoms. The first-order valence-corrected chi connectivity index (χ1v) is 8.52. The molecule has 8 heteroatoms. The summed E-state index contributed by atoms with van der Waals surface area (Å²) in [5.41, 5.74) is 0.831. The molecular formula is C16H15ClN4O2S. The maximum Gasteiger partial charge on any atom is 0.227 e. The van der Waals surface area contributed by atoms with E-state index in [2.05, 4.69) is 15.1 Å². The summed E-state index contributed by atoms with van der Waals surface area (Å²) in [4.78, 5) is 23.2. The van der Waals surface area contributed by atoms with Crippen LogP contribution in [-0.2, 0) is 17.8 Å². The Balaban J connectivity index is 1.53. The van der Waals surface area contributed by atoms with Gasteiger partial charge in [0.2, 0.25) is 17.6 Å². The molecule has 0 saturated carbocycles. The molecule has 0 spiro atoms. The molecular weight excluding hydrogens is 348 g/mol. The molecule has 0 N–H and O–H groups in total. The first-order chi connectivity index (χ1) is 11.6. The molecule has 0 unspecified atom stereocenters. The van der Waals surface area contributed by atoms with Crippen LogP contribution in [0.1, 0.15) is 17.2 Å². The Morgan fingerprint density at radius 3 is 2.79 bits per heavy atom. The molecule has 124 valence electrons. The lowest BCUT2D eigenvalue weighted by molar-refractivity contribution is -0.130. The number of hydrogen-bond donors (Lipinski definition) is 0. The van der Waals surface area contributed by atoms with Gasteiger partial charge in [-0.25, -0.2) is 0 Å². The molecule has 0 atom stereocenters. The molecule has 0 radical (unpaired) electrons. The van der Waals surface area contributed by atoms with Crippen molar-refractivity contribution in [2.45, 2.75) is 19.4 Å². The predicted octanol–water partition coefficient (Wildman–Crippen LogP) is 3.44. The van der Waals surface area contributed by atoms with Crippen LogP contribution in [-0.4, -0.2) is 33.0 Å². The van der Waals surface area contributed by atoms with Gasteiger partial charge < -0.3 is 9.42 Å². The van der Waals surface area contributed by atoms with E-state index in [1.165, 1.54) is 11.3 Å². The zero-order valence-corrected chi connectivity index (χ0v) is 14.5. The van der Waals surface area contributed by atoms with E-state index >= 15 is 0 Å². The minimum Gasteiger partial charge on any atom is -0.341 e. The van der Waals surface area contributed by atoms with Crippen LogP contribution >= 0.6 is 22.9 Å². The van der Waals surface area contributed by atoms with Crippen LogP contribution in [0.4, 0.5) is 0 Å². The van der Waals surface area contributed by atoms with Gasteiger partial charge in [-0.15, -0.1) is 11.3 Å². The van der Waals surface area contributed by atoms with E-state index in [1.807, 2.05) is 12.1 Å². The van der Waals surface area contributed by atoms with Crippen molar-refractivity contribution in [2.75, 3.05) is 7.05 Å². The summed E-state index contributed by atoms with van der Waals surface area (Å²) >= 11 is 7.38. The van der Waals surface area contributed by atoms with Crippen molar-refractivity contribution in [3.63, 3.8) is 0 Å². The van der Waals surface area contributed by atoms with E-state index in [1.54, 1.807) is 36.5 Å². The molecule has 0 aromatic carbocycles. The van der Waals surface area contributed by atoms with Gasteiger partial charge in [-0.05, 0) is 24.3 Å². The van der Waals surface area contributed by atoms with Gasteiger partial charge in [-0.1, -0.05) is 16.8 Å². The van der Waals surface area contributed by atoms with Crippen LogP contribution in [0.15, 0.2) is 41.2 Å². The maximum absolute atomic E-state index is 12.2. The van der Waals surface area contributed by atoms with Gasteiger partial charge in [-0.2, -0.15) is 4.98 Å². The fraction of sp³-hybridized carbons (Fsp3) is 0.250. The third kappa shape index (κ3) is 4.18. The van der Waals surface area contributed by atoms with Crippen molar-refractivity contribution in [3.8, 4) is 11.4 Å². The fourth-order valence-corrected chi connectivity index (χ4v) is 3.28. The number of rotatable bonds is 6. The minimum atomic E-state index is 0.0168. The van der Waals surface area contributed by atoms with Crippen LogP contribution in [0.5, 0.6) is 0 Å². The molecule has 1 amide bonds. The number of thiophene rings is 1. The monoisotopic (exact) mass is 362 g/mol. The molecule has 0 saturated heterocycles.